The van der Waals surface area contributed by atoms with E-state index in [1.54, 1.807) is 0 Å². The zero-order valence-electron chi connectivity index (χ0n) is 16.0. The van der Waals surface area contributed by atoms with Crippen molar-refractivity contribution < 1.29 is 4.74 Å². The Morgan fingerprint density at radius 1 is 1.07 bits per heavy atom. The Labute approximate surface area is 166 Å². The highest BCUT2D eigenvalue weighted by atomic mass is 35.5. The van der Waals surface area contributed by atoms with Crippen molar-refractivity contribution in [3.8, 4) is 5.88 Å². The first-order chi connectivity index (χ1) is 13.2. The Bertz CT molecular complexity index is 772. The van der Waals surface area contributed by atoms with E-state index >= 15 is 0 Å². The van der Waals surface area contributed by atoms with Gasteiger partial charge in [-0.1, -0.05) is 24.1 Å². The van der Waals surface area contributed by atoms with Crippen LogP contribution in [0.3, 0.4) is 0 Å². The largest absolute Gasteiger partial charge is 0.474 e. The number of hydrogen-bond donors (Lipinski definition) is 1. The number of nitrogens with zero attached hydrogens (tertiary/aromatic N) is 2. The third kappa shape index (κ3) is 4.22. The predicted molar refractivity (Wildman–Crippen MR) is 112 cm³/mol. The molecule has 1 saturated carbocycles. The van der Waals surface area contributed by atoms with Gasteiger partial charge in [0.25, 0.3) is 0 Å². The molecule has 2 aromatic rings. The Hall–Kier alpha value is -1.78. The van der Waals surface area contributed by atoms with E-state index in [2.05, 4.69) is 34.4 Å². The summed E-state index contributed by atoms with van der Waals surface area (Å²) in [5.74, 6) is 0.723. The van der Waals surface area contributed by atoms with Crippen LogP contribution < -0.4 is 15.0 Å². The van der Waals surface area contributed by atoms with E-state index in [0.29, 0.717) is 6.10 Å². The molecule has 1 N–H and O–H groups in total. The van der Waals surface area contributed by atoms with Crippen LogP contribution in [0.4, 0.5) is 11.4 Å². The lowest BCUT2D eigenvalue weighted by Gasteiger charge is -2.26. The van der Waals surface area contributed by atoms with E-state index < -0.39 is 0 Å². The molecular formula is C22H28ClN3O. The average Bonchev–Trinajstić information content (AvgIpc) is 2.94. The predicted octanol–water partition coefficient (Wildman–Crippen LogP) is 4.90. The van der Waals surface area contributed by atoms with Crippen LogP contribution in [0.25, 0.3) is 0 Å². The minimum Gasteiger partial charge on any atom is -0.474 e. The Balaban J connectivity index is 1.55. The molecular weight excluding hydrogens is 358 g/mol. The molecule has 27 heavy (non-hydrogen) atoms. The fraction of sp³-hybridized carbons (Fsp3) is 0.500. The van der Waals surface area contributed by atoms with Gasteiger partial charge in [-0.15, -0.1) is 0 Å². The van der Waals surface area contributed by atoms with Gasteiger partial charge in [0, 0.05) is 13.1 Å². The second kappa shape index (κ2) is 8.49. The van der Waals surface area contributed by atoms with Gasteiger partial charge in [-0.25, -0.2) is 4.98 Å². The number of hydrogen-bond acceptors (Lipinski definition) is 4. The maximum atomic E-state index is 6.61. The molecule has 0 radical (unpaired) electrons. The third-order valence-electron chi connectivity index (χ3n) is 5.74. The van der Waals surface area contributed by atoms with Crippen LogP contribution in [0.2, 0.25) is 5.02 Å². The van der Waals surface area contributed by atoms with Gasteiger partial charge >= 0.3 is 0 Å². The topological polar surface area (TPSA) is 37.4 Å². The van der Waals surface area contributed by atoms with Crippen LogP contribution >= 0.6 is 11.6 Å². The van der Waals surface area contributed by atoms with Crippen LogP contribution in [0.5, 0.6) is 5.88 Å². The highest BCUT2D eigenvalue weighted by molar-refractivity contribution is 6.33. The zero-order chi connectivity index (χ0) is 18.6. The highest BCUT2D eigenvalue weighted by Gasteiger charge is 2.19. The van der Waals surface area contributed by atoms with Crippen LogP contribution in [-0.2, 0) is 12.8 Å². The summed E-state index contributed by atoms with van der Waals surface area (Å²) in [4.78, 5) is 6.72. The van der Waals surface area contributed by atoms with Crippen LogP contribution in [-0.4, -0.2) is 31.2 Å². The minimum atomic E-state index is 0.321. The number of aromatic nitrogens is 1. The molecule has 1 aliphatic heterocycles. The average molecular weight is 386 g/mol. The van der Waals surface area contributed by atoms with Crippen molar-refractivity contribution in [2.75, 3.05) is 25.0 Å². The summed E-state index contributed by atoms with van der Waals surface area (Å²) in [6, 6.07) is 8.25. The number of anilines is 2. The summed E-state index contributed by atoms with van der Waals surface area (Å²) < 4.78 is 6.06. The smallest absolute Gasteiger partial charge is 0.213 e. The zero-order valence-corrected chi connectivity index (χ0v) is 16.8. The first-order valence-corrected chi connectivity index (χ1v) is 10.5. The van der Waals surface area contributed by atoms with E-state index in [0.717, 1.165) is 61.1 Å². The van der Waals surface area contributed by atoms with Crippen LogP contribution in [0.15, 0.2) is 30.5 Å². The van der Waals surface area contributed by atoms with Crippen molar-refractivity contribution in [1.29, 1.82) is 0 Å². The molecule has 0 saturated heterocycles. The molecule has 5 heteroatoms. The molecule has 1 aromatic carbocycles. The molecule has 0 amide bonds. The van der Waals surface area contributed by atoms with E-state index in [4.69, 9.17) is 16.3 Å². The number of pyridine rings is 1. The monoisotopic (exact) mass is 385 g/mol. The van der Waals surface area contributed by atoms with E-state index in [-0.39, 0.29) is 0 Å². The SMILES string of the molecule is CN(c1ccc(OC2CCCCC2)nc1)c1c(Cl)ccc2c1CCNCC2. The van der Waals surface area contributed by atoms with Crippen molar-refractivity contribution >= 4 is 23.0 Å². The molecule has 1 aromatic heterocycles. The molecule has 4 nitrogen and oxygen atoms in total. The quantitative estimate of drug-likeness (QED) is 0.811. The molecule has 0 spiro atoms. The second-order valence-electron chi connectivity index (χ2n) is 7.58. The normalized spacial score (nSPS) is 17.9. The van der Waals surface area contributed by atoms with Gasteiger partial charge in [-0.05, 0) is 74.9 Å². The number of ether oxygens (including phenoxy) is 1. The molecule has 2 aliphatic rings. The number of nitrogens with one attached hydrogen (secondary N) is 1. The number of benzene rings is 1. The van der Waals surface area contributed by atoms with E-state index in [9.17, 15) is 0 Å². The first kappa shape index (κ1) is 18.6. The van der Waals surface area contributed by atoms with Crippen LogP contribution in [0, 0.1) is 0 Å². The van der Waals surface area contributed by atoms with Crippen molar-refractivity contribution in [2.24, 2.45) is 0 Å². The fourth-order valence-corrected chi connectivity index (χ4v) is 4.51. The maximum absolute atomic E-state index is 6.61. The van der Waals surface area contributed by atoms with E-state index in [1.165, 1.54) is 30.4 Å². The molecule has 0 unspecified atom stereocenters. The maximum Gasteiger partial charge on any atom is 0.213 e. The molecule has 0 bridgehead atoms. The number of halogens is 1. The molecule has 1 fully saturated rings. The lowest BCUT2D eigenvalue weighted by atomic mass is 9.98. The van der Waals surface area contributed by atoms with Gasteiger partial charge in [-0.2, -0.15) is 0 Å². The molecule has 0 atom stereocenters. The molecule has 1 aliphatic carbocycles. The van der Waals surface area contributed by atoms with Gasteiger partial charge in [0.2, 0.25) is 5.88 Å². The Kier molecular flexibility index (Phi) is 5.84. The van der Waals surface area contributed by atoms with E-state index in [1.807, 2.05) is 18.3 Å². The van der Waals surface area contributed by atoms with Crippen molar-refractivity contribution in [3.63, 3.8) is 0 Å². The Morgan fingerprint density at radius 3 is 2.67 bits per heavy atom. The second-order valence-corrected chi connectivity index (χ2v) is 7.98. The summed E-state index contributed by atoms with van der Waals surface area (Å²) in [5.41, 5.74) is 4.85. The van der Waals surface area contributed by atoms with Gasteiger partial charge in [-0.3, -0.25) is 0 Å². The first-order valence-electron chi connectivity index (χ1n) is 10.1. The fourth-order valence-electron chi connectivity index (χ4n) is 4.21. The van der Waals surface area contributed by atoms with Gasteiger partial charge < -0.3 is 15.0 Å². The lowest BCUT2D eigenvalue weighted by molar-refractivity contribution is 0.148. The van der Waals surface area contributed by atoms with Crippen LogP contribution in [0.1, 0.15) is 43.2 Å². The highest BCUT2D eigenvalue weighted by Crippen LogP contribution is 2.37. The summed E-state index contributed by atoms with van der Waals surface area (Å²) in [6.07, 6.45) is 10.4. The number of fused-ring (bicyclic) bond motifs is 1. The van der Waals surface area contributed by atoms with Gasteiger partial charge in [0.05, 0.1) is 22.6 Å². The van der Waals surface area contributed by atoms with Gasteiger partial charge in [0.15, 0.2) is 0 Å². The van der Waals surface area contributed by atoms with Gasteiger partial charge in [0.1, 0.15) is 6.10 Å². The molecule has 144 valence electrons. The lowest BCUT2D eigenvalue weighted by Crippen LogP contribution is -2.20. The third-order valence-corrected chi connectivity index (χ3v) is 6.04. The summed E-state index contributed by atoms with van der Waals surface area (Å²) in [5, 5.41) is 4.27. The summed E-state index contributed by atoms with van der Waals surface area (Å²) in [7, 11) is 2.07. The summed E-state index contributed by atoms with van der Waals surface area (Å²) >= 11 is 6.61. The molecule has 4 rings (SSSR count). The Morgan fingerprint density at radius 2 is 1.89 bits per heavy atom. The van der Waals surface area contributed by atoms with Crippen molar-refractivity contribution in [1.82, 2.24) is 10.3 Å². The minimum absolute atomic E-state index is 0.321. The summed E-state index contributed by atoms with van der Waals surface area (Å²) in [6.45, 7) is 2.01. The number of rotatable bonds is 4. The van der Waals surface area contributed by atoms with Crippen molar-refractivity contribution in [2.45, 2.75) is 51.0 Å². The standard InChI is InChI=1S/C22H28ClN3O/c1-26(22-19-12-14-24-13-11-16(19)7-9-20(22)23)17-8-10-21(25-15-17)27-18-5-3-2-4-6-18/h7-10,15,18,24H,2-6,11-14H2,1H3. The van der Waals surface area contributed by atoms with Crippen molar-refractivity contribution in [3.05, 3.63) is 46.6 Å². The molecule has 2 heterocycles.